The molecule has 0 saturated carbocycles. The maximum absolute atomic E-state index is 12.8. The number of nitrogens with zero attached hydrogens (tertiary/aromatic N) is 2. The number of fused-ring (bicyclic) bond motifs is 10. The van der Waals surface area contributed by atoms with Gasteiger partial charge in [-0.15, -0.1) is 0 Å². The number of carbonyl (C=O) groups is 4. The quantitative estimate of drug-likeness (QED) is 0.585. The van der Waals surface area contributed by atoms with Crippen molar-refractivity contribution >= 4 is 23.6 Å². The predicted molar refractivity (Wildman–Crippen MR) is 73.5 cm³/mol. The Labute approximate surface area is 137 Å². The highest BCUT2D eigenvalue weighted by atomic mass is 16.5. The number of amides is 4. The van der Waals surface area contributed by atoms with E-state index in [1.165, 1.54) is 0 Å². The summed E-state index contributed by atoms with van der Waals surface area (Å²) >= 11 is 0. The molecule has 126 valence electrons. The highest BCUT2D eigenvalue weighted by Gasteiger charge is 2.69. The van der Waals surface area contributed by atoms with E-state index >= 15 is 0 Å². The summed E-state index contributed by atoms with van der Waals surface area (Å²) < 4.78 is 11.4. The van der Waals surface area contributed by atoms with Gasteiger partial charge in [-0.05, 0) is 25.7 Å². The first-order valence-corrected chi connectivity index (χ1v) is 8.64. The Kier molecular flexibility index (Phi) is 2.28. The molecular weight excluding hydrogens is 316 g/mol. The van der Waals surface area contributed by atoms with Crippen LogP contribution in [0.1, 0.15) is 25.7 Å². The summed E-state index contributed by atoms with van der Waals surface area (Å²) in [5, 5.41) is 1.68. The van der Waals surface area contributed by atoms with Gasteiger partial charge in [-0.25, -0.2) is 0 Å². The molecule has 6 aliphatic heterocycles. The van der Waals surface area contributed by atoms with Crippen LogP contribution in [0.25, 0.3) is 0 Å². The normalized spacial score (nSPS) is 51.3. The SMILES string of the molecule is O=C1[C@@H]2[C@H](C(=O)N1N1C(=O)[C@H]3[C@H](C1=O)[C@H]1CC[C@@H]3O1)[C@@H]1CC[C@@H]2O1. The van der Waals surface area contributed by atoms with Gasteiger partial charge in [0.2, 0.25) is 0 Å². The van der Waals surface area contributed by atoms with Crippen LogP contribution in [-0.4, -0.2) is 58.1 Å². The Bertz CT molecular complexity index is 605. The molecule has 0 unspecified atom stereocenters. The van der Waals surface area contributed by atoms with Crippen LogP contribution in [0, 0.1) is 23.7 Å². The average molecular weight is 332 g/mol. The van der Waals surface area contributed by atoms with Crippen molar-refractivity contribution in [3.8, 4) is 0 Å². The summed E-state index contributed by atoms with van der Waals surface area (Å²) in [5.41, 5.74) is 0. The van der Waals surface area contributed by atoms with Crippen LogP contribution < -0.4 is 0 Å². The molecule has 6 aliphatic rings. The summed E-state index contributed by atoms with van der Waals surface area (Å²) in [6.07, 6.45) is 1.99. The lowest BCUT2D eigenvalue weighted by Crippen LogP contribution is -2.52. The molecule has 24 heavy (non-hydrogen) atoms. The number of imide groups is 2. The molecule has 4 bridgehead atoms. The maximum Gasteiger partial charge on any atom is 0.255 e. The van der Waals surface area contributed by atoms with Gasteiger partial charge in [0.05, 0.1) is 48.1 Å². The van der Waals surface area contributed by atoms with Crippen molar-refractivity contribution < 1.29 is 28.7 Å². The zero-order valence-corrected chi connectivity index (χ0v) is 12.8. The third-order valence-corrected chi connectivity index (χ3v) is 6.72. The number of rotatable bonds is 1. The second kappa shape index (κ2) is 4.05. The number of ether oxygens (including phenoxy) is 2. The van der Waals surface area contributed by atoms with Gasteiger partial charge in [0.25, 0.3) is 23.6 Å². The van der Waals surface area contributed by atoms with Crippen molar-refractivity contribution in [2.75, 3.05) is 0 Å². The summed E-state index contributed by atoms with van der Waals surface area (Å²) in [4.78, 5) is 51.2. The van der Waals surface area contributed by atoms with E-state index in [1.54, 1.807) is 0 Å². The average Bonchev–Trinajstić information content (AvgIpc) is 3.36. The third-order valence-electron chi connectivity index (χ3n) is 6.72. The lowest BCUT2D eigenvalue weighted by Gasteiger charge is -2.26. The fraction of sp³-hybridized carbons (Fsp3) is 0.750. The molecule has 0 spiro atoms. The van der Waals surface area contributed by atoms with Gasteiger partial charge in [-0.1, -0.05) is 0 Å². The summed E-state index contributed by atoms with van der Waals surface area (Å²) in [6.45, 7) is 0. The fourth-order valence-corrected chi connectivity index (χ4v) is 5.79. The van der Waals surface area contributed by atoms with Crippen LogP contribution in [0.4, 0.5) is 0 Å². The van der Waals surface area contributed by atoms with Crippen LogP contribution in [0.2, 0.25) is 0 Å². The minimum Gasteiger partial charge on any atom is -0.373 e. The molecule has 0 aromatic rings. The Morgan fingerprint density at radius 3 is 1.04 bits per heavy atom. The molecule has 0 aliphatic carbocycles. The van der Waals surface area contributed by atoms with E-state index in [1.807, 2.05) is 0 Å². The van der Waals surface area contributed by atoms with E-state index < -0.39 is 47.3 Å². The Balaban J connectivity index is 1.38. The molecule has 6 fully saturated rings. The Morgan fingerprint density at radius 2 is 0.792 bits per heavy atom. The Hall–Kier alpha value is -1.80. The first-order valence-electron chi connectivity index (χ1n) is 8.64. The van der Waals surface area contributed by atoms with E-state index in [4.69, 9.17) is 9.47 Å². The highest BCUT2D eigenvalue weighted by Crippen LogP contribution is 2.52. The number of hydrazine groups is 1. The summed E-state index contributed by atoms with van der Waals surface area (Å²) in [7, 11) is 0. The molecule has 8 heteroatoms. The lowest BCUT2D eigenvalue weighted by atomic mass is 9.81. The molecule has 0 radical (unpaired) electrons. The maximum atomic E-state index is 12.8. The summed E-state index contributed by atoms with van der Waals surface area (Å²) in [6, 6.07) is 0. The van der Waals surface area contributed by atoms with Gasteiger partial charge in [0.1, 0.15) is 0 Å². The zero-order valence-electron chi connectivity index (χ0n) is 12.8. The molecular formula is C16H16N2O6. The first-order chi connectivity index (χ1) is 11.6. The standard InChI is InChI=1S/C16H16N2O6/c19-13-9-5-1-2-6(23-5)10(9)14(20)17(13)18-15(21)11-7-3-4-8(24-7)12(11)16(18)22/h5-12H,1-4H2/t5-,6-,7-,8+,9-,10+,11+,12+/m0/s1. The lowest BCUT2D eigenvalue weighted by molar-refractivity contribution is -0.176. The molecule has 0 aromatic carbocycles. The van der Waals surface area contributed by atoms with Crippen molar-refractivity contribution in [1.29, 1.82) is 0 Å². The van der Waals surface area contributed by atoms with Crippen molar-refractivity contribution in [2.24, 2.45) is 23.7 Å². The number of carbonyl (C=O) groups excluding carboxylic acids is 4. The van der Waals surface area contributed by atoms with Gasteiger partial charge in [0.15, 0.2) is 0 Å². The second-order valence-electron chi connectivity index (χ2n) is 7.66. The number of hydrogen-bond acceptors (Lipinski definition) is 6. The molecule has 6 saturated heterocycles. The Morgan fingerprint density at radius 1 is 0.542 bits per heavy atom. The summed E-state index contributed by atoms with van der Waals surface area (Å²) in [5.74, 6) is -3.95. The minimum absolute atomic E-state index is 0.256. The van der Waals surface area contributed by atoms with Crippen LogP contribution in [0.5, 0.6) is 0 Å². The van der Waals surface area contributed by atoms with Gasteiger partial charge >= 0.3 is 0 Å². The van der Waals surface area contributed by atoms with Gasteiger partial charge in [0, 0.05) is 0 Å². The van der Waals surface area contributed by atoms with E-state index in [-0.39, 0.29) is 24.4 Å². The minimum atomic E-state index is -0.537. The molecule has 4 amide bonds. The molecule has 0 N–H and O–H groups in total. The molecule has 6 heterocycles. The molecule has 6 rings (SSSR count). The van der Waals surface area contributed by atoms with E-state index in [9.17, 15) is 19.2 Å². The smallest absolute Gasteiger partial charge is 0.255 e. The van der Waals surface area contributed by atoms with Gasteiger partial charge < -0.3 is 9.47 Å². The van der Waals surface area contributed by atoms with E-state index in [2.05, 4.69) is 0 Å². The molecule has 8 nitrogen and oxygen atoms in total. The monoisotopic (exact) mass is 332 g/mol. The van der Waals surface area contributed by atoms with Crippen LogP contribution >= 0.6 is 0 Å². The van der Waals surface area contributed by atoms with E-state index in [0.717, 1.165) is 35.7 Å². The number of hydrogen-bond donors (Lipinski definition) is 0. The first kappa shape index (κ1) is 13.5. The third kappa shape index (κ3) is 1.28. The van der Waals surface area contributed by atoms with Gasteiger partial charge in [-0.3, -0.25) is 19.2 Å². The van der Waals surface area contributed by atoms with Crippen LogP contribution in [0.15, 0.2) is 0 Å². The molecule has 0 aromatic heterocycles. The van der Waals surface area contributed by atoms with Crippen molar-refractivity contribution in [3.05, 3.63) is 0 Å². The topological polar surface area (TPSA) is 93.2 Å². The van der Waals surface area contributed by atoms with Crippen LogP contribution in [0.3, 0.4) is 0 Å². The largest absolute Gasteiger partial charge is 0.373 e. The fourth-order valence-electron chi connectivity index (χ4n) is 5.79. The second-order valence-corrected chi connectivity index (χ2v) is 7.66. The predicted octanol–water partition coefficient (Wildman–Crippen LogP) is -0.774. The zero-order chi connectivity index (χ0) is 16.3. The van der Waals surface area contributed by atoms with Gasteiger partial charge in [-0.2, -0.15) is 10.0 Å². The van der Waals surface area contributed by atoms with Crippen LogP contribution in [-0.2, 0) is 28.7 Å². The van der Waals surface area contributed by atoms with Crippen molar-refractivity contribution in [3.63, 3.8) is 0 Å². The van der Waals surface area contributed by atoms with E-state index in [0.29, 0.717) is 0 Å². The highest BCUT2D eigenvalue weighted by molar-refractivity contribution is 6.14. The van der Waals surface area contributed by atoms with Crippen molar-refractivity contribution in [1.82, 2.24) is 10.0 Å². The molecule has 8 atom stereocenters. The van der Waals surface area contributed by atoms with Crippen molar-refractivity contribution in [2.45, 2.75) is 50.1 Å².